The van der Waals surface area contributed by atoms with E-state index >= 15 is 0 Å². The molecule has 1 atom stereocenters. The molecule has 158 valence electrons. The quantitative estimate of drug-likeness (QED) is 0.597. The summed E-state index contributed by atoms with van der Waals surface area (Å²) in [5, 5.41) is 2.83. The molecule has 0 aliphatic carbocycles. The molecule has 7 nitrogen and oxygen atoms in total. The third kappa shape index (κ3) is 5.76. The summed E-state index contributed by atoms with van der Waals surface area (Å²) >= 11 is 0. The van der Waals surface area contributed by atoms with E-state index in [0.29, 0.717) is 32.0 Å². The number of nitrogens with one attached hydrogen (secondary N) is 1. The number of hydrogen-bond donors (Lipinski definition) is 1. The lowest BCUT2D eigenvalue weighted by Gasteiger charge is -2.20. The molecule has 1 unspecified atom stereocenters. The zero-order valence-corrected chi connectivity index (χ0v) is 18.1. The molecule has 1 aliphatic heterocycles. The van der Waals surface area contributed by atoms with E-state index in [2.05, 4.69) is 5.32 Å². The van der Waals surface area contributed by atoms with E-state index in [-0.39, 0.29) is 23.3 Å². The van der Waals surface area contributed by atoms with Crippen molar-refractivity contribution in [2.45, 2.75) is 58.0 Å². The highest BCUT2D eigenvalue weighted by molar-refractivity contribution is 7.89. The molecule has 1 aromatic rings. The van der Waals surface area contributed by atoms with Gasteiger partial charge in [0.05, 0.1) is 30.6 Å². The first kappa shape index (κ1) is 22.8. The molecule has 1 heterocycles. The Kier molecular flexibility index (Phi) is 8.42. The van der Waals surface area contributed by atoms with Crippen LogP contribution in [0.1, 0.15) is 44.2 Å². The van der Waals surface area contributed by atoms with Gasteiger partial charge in [-0.1, -0.05) is 13.8 Å². The molecule has 8 heteroatoms. The number of sulfonamides is 1. The molecule has 1 aliphatic rings. The fraction of sp³-hybridized carbons (Fsp3) is 0.650. The number of carbonyl (C=O) groups is 1. The van der Waals surface area contributed by atoms with Gasteiger partial charge in [0, 0.05) is 25.4 Å². The molecule has 1 aromatic carbocycles. The van der Waals surface area contributed by atoms with Crippen LogP contribution in [0, 0.1) is 13.8 Å². The predicted octanol–water partition coefficient (Wildman–Crippen LogP) is 2.86. The summed E-state index contributed by atoms with van der Waals surface area (Å²) in [6.07, 6.45) is 2.39. The van der Waals surface area contributed by atoms with Crippen LogP contribution in [0.4, 0.5) is 5.69 Å². The van der Waals surface area contributed by atoms with Crippen molar-refractivity contribution in [3.63, 3.8) is 0 Å². The van der Waals surface area contributed by atoms with Gasteiger partial charge in [0.15, 0.2) is 0 Å². The van der Waals surface area contributed by atoms with Crippen molar-refractivity contribution < 1.29 is 22.7 Å². The lowest BCUT2D eigenvalue weighted by atomic mass is 10.1. The molecule has 1 fully saturated rings. The van der Waals surface area contributed by atoms with Gasteiger partial charge in [-0.05, 0) is 49.9 Å². The van der Waals surface area contributed by atoms with E-state index in [1.807, 2.05) is 13.8 Å². The number of rotatable bonds is 10. The Hall–Kier alpha value is -1.48. The molecular weight excluding hydrogens is 380 g/mol. The highest BCUT2D eigenvalue weighted by atomic mass is 32.2. The van der Waals surface area contributed by atoms with E-state index in [1.165, 1.54) is 4.31 Å². The number of ether oxygens (including phenoxy) is 2. The number of aryl methyl sites for hydroxylation is 1. The fourth-order valence-corrected chi connectivity index (χ4v) is 4.76. The van der Waals surface area contributed by atoms with Crippen molar-refractivity contribution in [3.8, 4) is 0 Å². The normalized spacial score (nSPS) is 17.2. The van der Waals surface area contributed by atoms with Gasteiger partial charge in [-0.2, -0.15) is 4.31 Å². The summed E-state index contributed by atoms with van der Waals surface area (Å²) in [4.78, 5) is 12.5. The molecule has 0 spiro atoms. The number of anilines is 1. The molecule has 0 bridgehead atoms. The first-order valence-corrected chi connectivity index (χ1v) is 11.3. The highest BCUT2D eigenvalue weighted by Gasteiger charge is 2.23. The summed E-state index contributed by atoms with van der Waals surface area (Å²) in [5.41, 5.74) is 2.19. The number of nitrogens with zero attached hydrogens (tertiary/aromatic N) is 1. The van der Waals surface area contributed by atoms with Crippen molar-refractivity contribution in [1.29, 1.82) is 0 Å². The highest BCUT2D eigenvalue weighted by Crippen LogP contribution is 2.26. The Labute approximate surface area is 168 Å². The predicted molar refractivity (Wildman–Crippen MR) is 109 cm³/mol. The maximum Gasteiger partial charge on any atom is 0.243 e. The summed E-state index contributed by atoms with van der Waals surface area (Å²) in [5.74, 6) is -0.202. The van der Waals surface area contributed by atoms with E-state index < -0.39 is 10.0 Å². The Morgan fingerprint density at radius 1 is 1.29 bits per heavy atom. The van der Waals surface area contributed by atoms with Gasteiger partial charge < -0.3 is 14.8 Å². The van der Waals surface area contributed by atoms with Gasteiger partial charge in [0.2, 0.25) is 15.9 Å². The smallest absolute Gasteiger partial charge is 0.243 e. The minimum absolute atomic E-state index is 0.134. The molecule has 0 aromatic heterocycles. The van der Waals surface area contributed by atoms with Gasteiger partial charge in [-0.25, -0.2) is 8.42 Å². The van der Waals surface area contributed by atoms with Crippen molar-refractivity contribution in [3.05, 3.63) is 23.3 Å². The fourth-order valence-electron chi connectivity index (χ4n) is 3.19. The molecule has 1 amide bonds. The third-order valence-corrected chi connectivity index (χ3v) is 7.09. The van der Waals surface area contributed by atoms with E-state index in [9.17, 15) is 13.2 Å². The van der Waals surface area contributed by atoms with Crippen molar-refractivity contribution >= 4 is 21.6 Å². The summed E-state index contributed by atoms with van der Waals surface area (Å²) in [7, 11) is -3.59. The average Bonchev–Trinajstić information content (AvgIpc) is 3.16. The second-order valence-corrected chi connectivity index (χ2v) is 8.95. The topological polar surface area (TPSA) is 84.9 Å². The van der Waals surface area contributed by atoms with Crippen LogP contribution in [0.25, 0.3) is 0 Å². The molecule has 0 saturated carbocycles. The number of benzene rings is 1. The second-order valence-electron chi connectivity index (χ2n) is 7.01. The largest absolute Gasteiger partial charge is 0.378 e. The Bertz CT molecular complexity index is 769. The lowest BCUT2D eigenvalue weighted by molar-refractivity contribution is -0.117. The summed E-state index contributed by atoms with van der Waals surface area (Å²) < 4.78 is 38.0. The monoisotopic (exact) mass is 412 g/mol. The van der Waals surface area contributed by atoms with Crippen LogP contribution in [-0.2, 0) is 24.3 Å². The Morgan fingerprint density at radius 3 is 2.61 bits per heavy atom. The van der Waals surface area contributed by atoms with Crippen LogP contribution in [0.3, 0.4) is 0 Å². The van der Waals surface area contributed by atoms with Gasteiger partial charge in [-0.3, -0.25) is 4.79 Å². The minimum Gasteiger partial charge on any atom is -0.378 e. The molecule has 0 radical (unpaired) electrons. The molecule has 1 saturated heterocycles. The number of carbonyl (C=O) groups excluding carboxylic acids is 1. The van der Waals surface area contributed by atoms with Crippen LogP contribution in [0.15, 0.2) is 17.0 Å². The molecular formula is C20H32N2O5S. The van der Waals surface area contributed by atoms with E-state index in [4.69, 9.17) is 9.47 Å². The van der Waals surface area contributed by atoms with Crippen LogP contribution in [0.2, 0.25) is 0 Å². The zero-order chi connectivity index (χ0) is 20.7. The van der Waals surface area contributed by atoms with Gasteiger partial charge in [-0.15, -0.1) is 0 Å². The van der Waals surface area contributed by atoms with E-state index in [1.54, 1.807) is 26.0 Å². The maximum absolute atomic E-state index is 12.8. The van der Waals surface area contributed by atoms with E-state index in [0.717, 1.165) is 30.6 Å². The maximum atomic E-state index is 12.8. The first-order valence-electron chi connectivity index (χ1n) is 9.90. The SMILES string of the molecule is CCN(CC)S(=O)(=O)c1cc(C)c(C)c(NC(=O)CCOCC2CCCO2)c1. The zero-order valence-electron chi connectivity index (χ0n) is 17.3. The van der Waals surface area contributed by atoms with Crippen LogP contribution < -0.4 is 5.32 Å². The third-order valence-electron chi connectivity index (χ3n) is 5.06. The lowest BCUT2D eigenvalue weighted by Crippen LogP contribution is -2.30. The first-order chi connectivity index (χ1) is 13.3. The summed E-state index contributed by atoms with van der Waals surface area (Å²) in [6.45, 7) is 9.71. The Morgan fingerprint density at radius 2 is 2.00 bits per heavy atom. The molecule has 28 heavy (non-hydrogen) atoms. The van der Waals surface area contributed by atoms with Gasteiger partial charge in [0.25, 0.3) is 0 Å². The van der Waals surface area contributed by atoms with Gasteiger partial charge >= 0.3 is 0 Å². The van der Waals surface area contributed by atoms with Crippen molar-refractivity contribution in [2.24, 2.45) is 0 Å². The Balaban J connectivity index is 2.02. The van der Waals surface area contributed by atoms with Crippen molar-refractivity contribution in [2.75, 3.05) is 38.2 Å². The second kappa shape index (κ2) is 10.3. The average molecular weight is 413 g/mol. The minimum atomic E-state index is -3.59. The molecule has 1 N–H and O–H groups in total. The van der Waals surface area contributed by atoms with Crippen LogP contribution in [0.5, 0.6) is 0 Å². The van der Waals surface area contributed by atoms with Crippen LogP contribution in [-0.4, -0.2) is 57.6 Å². The molecule has 2 rings (SSSR count). The van der Waals surface area contributed by atoms with Crippen molar-refractivity contribution in [1.82, 2.24) is 4.31 Å². The number of hydrogen-bond acceptors (Lipinski definition) is 5. The number of amides is 1. The van der Waals surface area contributed by atoms with Gasteiger partial charge in [0.1, 0.15) is 0 Å². The summed E-state index contributed by atoms with van der Waals surface area (Å²) in [6, 6.07) is 3.20. The standard InChI is InChI=1S/C20H32N2O5S/c1-5-22(6-2)28(24,25)18-12-15(3)16(4)19(13-18)21-20(23)9-11-26-14-17-8-7-10-27-17/h12-13,17H,5-11,14H2,1-4H3,(H,21,23). The van der Waals surface area contributed by atoms with Crippen LogP contribution >= 0.6 is 0 Å².